The number of nitro groups is 1. The van der Waals surface area contributed by atoms with Crippen LogP contribution in [0.3, 0.4) is 0 Å². The van der Waals surface area contributed by atoms with Crippen LogP contribution < -0.4 is 29.1 Å². The summed E-state index contributed by atoms with van der Waals surface area (Å²) in [5, 5.41) is 27.0. The van der Waals surface area contributed by atoms with E-state index in [1.165, 1.54) is 42.9 Å². The van der Waals surface area contributed by atoms with Crippen LogP contribution >= 0.6 is 0 Å². The van der Waals surface area contributed by atoms with Gasteiger partial charge >= 0.3 is 0 Å². The van der Waals surface area contributed by atoms with Gasteiger partial charge in [-0.1, -0.05) is 38.1 Å². The third kappa shape index (κ3) is 9.95. The van der Waals surface area contributed by atoms with Crippen LogP contribution in [-0.4, -0.2) is 114 Å². The lowest BCUT2D eigenvalue weighted by Gasteiger charge is -2.56. The Kier molecular flexibility index (Phi) is 13.1. The number of aromatic nitrogens is 2. The van der Waals surface area contributed by atoms with Crippen LogP contribution in [0.1, 0.15) is 125 Å². The first kappa shape index (κ1) is 49.3. The largest absolute Gasteiger partial charge is 0.489 e. The van der Waals surface area contributed by atoms with Crippen molar-refractivity contribution >= 4 is 44.0 Å². The number of ether oxygens (including phenoxy) is 3. The number of carbonyl (C=O) groups excluding carboxylic acids is 1. The van der Waals surface area contributed by atoms with Crippen molar-refractivity contribution in [3.05, 3.63) is 99.7 Å². The molecule has 1 amide bonds. The Morgan fingerprint density at radius 1 is 0.973 bits per heavy atom. The number of H-pyrrole nitrogens is 1. The smallest absolute Gasteiger partial charge is 0.297 e. The third-order valence-electron chi connectivity index (χ3n) is 17.0. The Hall–Kier alpha value is -5.95. The van der Waals surface area contributed by atoms with E-state index in [9.17, 15) is 28.4 Å². The second kappa shape index (κ2) is 19.4. The molecule has 0 radical (unpaired) electrons. The van der Waals surface area contributed by atoms with Gasteiger partial charge in [0.15, 0.2) is 17.2 Å². The number of piperidine rings is 1. The lowest BCUT2D eigenvalue weighted by atomic mass is 9.59. The molecule has 4 N–H and O–H groups in total. The predicted molar refractivity (Wildman–Crippen MR) is 278 cm³/mol. The van der Waals surface area contributed by atoms with E-state index in [1.54, 1.807) is 24.4 Å². The third-order valence-corrected chi connectivity index (χ3v) is 18.3. The van der Waals surface area contributed by atoms with Crippen LogP contribution in [0, 0.1) is 21.4 Å². The molecule has 73 heavy (non-hydrogen) atoms. The number of pyridine rings is 1. The highest BCUT2D eigenvalue weighted by molar-refractivity contribution is 7.90. The fourth-order valence-electron chi connectivity index (χ4n) is 12.8. The van der Waals surface area contributed by atoms with Crippen LogP contribution in [0.25, 0.3) is 11.0 Å². The number of nitro benzene ring substituents is 1. The molecule has 5 fully saturated rings. The molecule has 4 aliphatic heterocycles. The molecule has 3 saturated heterocycles. The topological polar surface area (TPSA) is 205 Å². The summed E-state index contributed by atoms with van der Waals surface area (Å²) in [4.78, 5) is 41.0. The second-order valence-electron chi connectivity index (χ2n) is 22.4. The normalized spacial score (nSPS) is 25.5. The van der Waals surface area contributed by atoms with Gasteiger partial charge in [0.05, 0.1) is 27.0 Å². The number of sulfonamides is 1. The summed E-state index contributed by atoms with van der Waals surface area (Å²) in [6, 6.07) is 20.7. The maximum absolute atomic E-state index is 14.5. The van der Waals surface area contributed by atoms with Crippen LogP contribution in [-0.2, 0) is 10.0 Å². The number of nitrogens with one attached hydrogen (secondary N) is 3. The molecule has 3 atom stereocenters. The highest BCUT2D eigenvalue weighted by Crippen LogP contribution is 2.55. The molecule has 1 spiro atoms. The SMILES string of the molecule is CC(C)c1ccccc1[C@@H]1CCCN1C1CC2(CCN(c3ccc(C(=O)NS(=O)(=O)c4cc5c(c([N+](=O)[O-])c4)N[C@@H](C4CCC(C)(O)CC4)CO5)c(Oc4cc5cc[nH]c5nc4O[C@H]4CCN(C)C4)c3)CC2)C1. The van der Waals surface area contributed by atoms with Crippen molar-refractivity contribution < 1.29 is 37.5 Å². The molecule has 0 bridgehead atoms. The lowest BCUT2D eigenvalue weighted by Crippen LogP contribution is -2.54. The summed E-state index contributed by atoms with van der Waals surface area (Å²) in [5.74, 6) is 0.182. The highest BCUT2D eigenvalue weighted by atomic mass is 32.2. The molecule has 6 heterocycles. The molecule has 388 valence electrons. The quantitative estimate of drug-likeness (QED) is 0.0641. The monoisotopic (exact) mass is 1020 g/mol. The van der Waals surface area contributed by atoms with Gasteiger partial charge in [-0.15, -0.1) is 0 Å². The molecule has 11 rings (SSSR count). The fourth-order valence-corrected chi connectivity index (χ4v) is 13.8. The number of amides is 1. The zero-order valence-corrected chi connectivity index (χ0v) is 43.1. The van der Waals surface area contributed by atoms with Gasteiger partial charge in [-0.25, -0.2) is 13.1 Å². The average molecular weight is 1020 g/mol. The number of nitrogens with zero attached hydrogens (tertiary/aromatic N) is 5. The van der Waals surface area contributed by atoms with Gasteiger partial charge in [0.25, 0.3) is 27.5 Å². The number of benzene rings is 3. The Bertz CT molecular complexity index is 3010. The van der Waals surface area contributed by atoms with E-state index in [1.807, 2.05) is 26.1 Å². The van der Waals surface area contributed by atoms with Crippen LogP contribution in [0.2, 0.25) is 0 Å². The number of likely N-dealkylation sites (tertiary alicyclic amines) is 2. The van der Waals surface area contributed by atoms with Crippen molar-refractivity contribution in [1.29, 1.82) is 0 Å². The van der Waals surface area contributed by atoms with Gasteiger partial charge < -0.3 is 39.4 Å². The molecule has 17 nitrogen and oxygen atoms in total. The first-order valence-corrected chi connectivity index (χ1v) is 27.7. The van der Waals surface area contributed by atoms with Crippen LogP contribution in [0.5, 0.6) is 23.1 Å². The molecule has 2 saturated carbocycles. The summed E-state index contributed by atoms with van der Waals surface area (Å²) in [7, 11) is -2.68. The molecular weight excluding hydrogens is 949 g/mol. The number of aliphatic hydroxyl groups is 1. The van der Waals surface area contributed by atoms with Crippen molar-refractivity contribution in [1.82, 2.24) is 24.5 Å². The standard InChI is InChI=1S/C55H68N8O9S/c1-34(2)41-8-5-6-9-42(41)45-10-7-22-62(45)38-30-55(31-38)19-24-61(25-20-55)37-11-12-43(47(27-37)72-49-26-36-15-21-56-51(36)58-53(49)71-39-16-23-60(4)32-39)52(64)59-73(68,69)40-28-46(63(66)67)50-48(29-40)70-33-44(57-50)35-13-17-54(3,65)18-14-35/h5-6,8-9,11-12,15,21,26-29,34-35,38-39,44-45,57,65H,7,10,13-14,16-20,22-25,30-33H2,1-4H3,(H,56,58)(H,59,64)/t35?,39-,44+,45-,54?/m0/s1. The van der Waals surface area contributed by atoms with Crippen molar-refractivity contribution in [2.24, 2.45) is 11.3 Å². The van der Waals surface area contributed by atoms with E-state index >= 15 is 0 Å². The number of carbonyl (C=O) groups is 1. The Labute approximate surface area is 427 Å². The number of likely N-dealkylation sites (N-methyl/N-ethyl adjacent to an activating group) is 1. The predicted octanol–water partition coefficient (Wildman–Crippen LogP) is 9.29. The molecule has 2 aliphatic carbocycles. The molecule has 3 aromatic carbocycles. The van der Waals surface area contributed by atoms with Gasteiger partial charge in [0.2, 0.25) is 0 Å². The van der Waals surface area contributed by atoms with E-state index < -0.39 is 37.0 Å². The molecule has 5 aromatic rings. The van der Waals surface area contributed by atoms with Crippen molar-refractivity contribution in [3.8, 4) is 23.1 Å². The zero-order chi connectivity index (χ0) is 50.8. The molecule has 0 unspecified atom stereocenters. The molecule has 2 aromatic heterocycles. The number of rotatable bonds is 13. The highest BCUT2D eigenvalue weighted by Gasteiger charge is 2.50. The van der Waals surface area contributed by atoms with E-state index in [-0.39, 0.29) is 64.5 Å². The summed E-state index contributed by atoms with van der Waals surface area (Å²) >= 11 is 0. The first-order chi connectivity index (χ1) is 35.0. The van der Waals surface area contributed by atoms with E-state index in [4.69, 9.17) is 19.2 Å². The number of hydrogen-bond donors (Lipinski definition) is 4. The summed E-state index contributed by atoms with van der Waals surface area (Å²) in [6.07, 6.45) is 11.8. The average Bonchev–Trinajstić information content (AvgIpc) is 4.14. The Balaban J connectivity index is 0.846. The Morgan fingerprint density at radius 3 is 2.49 bits per heavy atom. The fraction of sp³-hybridized carbons (Fsp3) is 0.527. The Morgan fingerprint density at radius 2 is 1.75 bits per heavy atom. The van der Waals surface area contributed by atoms with Gasteiger partial charge in [0.1, 0.15) is 24.1 Å². The maximum atomic E-state index is 14.5. The zero-order valence-electron chi connectivity index (χ0n) is 42.3. The van der Waals surface area contributed by atoms with Gasteiger partial charge in [-0.05, 0) is 144 Å². The van der Waals surface area contributed by atoms with Gasteiger partial charge in [-0.2, -0.15) is 4.98 Å². The van der Waals surface area contributed by atoms with Crippen molar-refractivity contribution in [2.75, 3.05) is 56.6 Å². The maximum Gasteiger partial charge on any atom is 0.297 e. The van der Waals surface area contributed by atoms with E-state index in [0.717, 1.165) is 62.6 Å². The van der Waals surface area contributed by atoms with Crippen molar-refractivity contribution in [3.63, 3.8) is 0 Å². The summed E-state index contributed by atoms with van der Waals surface area (Å²) in [5.41, 5.74) is 3.40. The minimum atomic E-state index is -4.72. The minimum Gasteiger partial charge on any atom is -0.489 e. The number of fused-ring (bicyclic) bond motifs is 2. The number of anilines is 2. The van der Waals surface area contributed by atoms with Crippen LogP contribution in [0.15, 0.2) is 77.8 Å². The first-order valence-electron chi connectivity index (χ1n) is 26.3. The summed E-state index contributed by atoms with van der Waals surface area (Å²) < 4.78 is 49.8. The number of aromatic amines is 1. The second-order valence-corrected chi connectivity index (χ2v) is 24.1. The van der Waals surface area contributed by atoms with Gasteiger partial charge in [0, 0.05) is 73.7 Å². The molecule has 6 aliphatic rings. The van der Waals surface area contributed by atoms with E-state index in [2.05, 4.69) is 67.8 Å². The van der Waals surface area contributed by atoms with Gasteiger partial charge in [-0.3, -0.25) is 19.8 Å². The molecular formula is C55H68N8O9S. The summed E-state index contributed by atoms with van der Waals surface area (Å²) in [6.45, 7) is 10.8. The lowest BCUT2D eigenvalue weighted by molar-refractivity contribution is -0.384. The number of hydrogen-bond acceptors (Lipinski definition) is 14. The molecule has 18 heteroatoms. The van der Waals surface area contributed by atoms with E-state index in [0.29, 0.717) is 55.9 Å². The van der Waals surface area contributed by atoms with Crippen molar-refractivity contribution in [2.45, 2.75) is 132 Å². The minimum absolute atomic E-state index is 0.00326. The van der Waals surface area contributed by atoms with Crippen LogP contribution in [0.4, 0.5) is 17.1 Å².